The maximum atomic E-state index is 12.8. The summed E-state index contributed by atoms with van der Waals surface area (Å²) in [5.41, 5.74) is 6.82. The molecule has 0 aliphatic carbocycles. The number of aromatic nitrogens is 4. The summed E-state index contributed by atoms with van der Waals surface area (Å²) in [4.78, 5) is 23.3. The van der Waals surface area contributed by atoms with Crippen LogP contribution >= 0.6 is 11.6 Å². The second-order valence-electron chi connectivity index (χ2n) is 6.43. The number of halogens is 1. The van der Waals surface area contributed by atoms with E-state index in [1.807, 2.05) is 0 Å². The number of hydrogen-bond acceptors (Lipinski definition) is 8. The van der Waals surface area contributed by atoms with E-state index in [1.165, 1.54) is 23.1 Å². The van der Waals surface area contributed by atoms with Crippen molar-refractivity contribution in [1.82, 2.24) is 24.5 Å². The molecule has 1 saturated heterocycles. The van der Waals surface area contributed by atoms with Crippen LogP contribution in [0.1, 0.15) is 10.4 Å². The topological polar surface area (TPSA) is 120 Å². The molecular formula is C18H20ClN7O3. The number of carbonyl (C=O) groups excluding carboxylic acids is 1. The molecule has 3 aromatic heterocycles. The van der Waals surface area contributed by atoms with Crippen LogP contribution in [0, 0.1) is 0 Å². The number of fused-ring (bicyclic) bond motifs is 1. The van der Waals surface area contributed by atoms with Crippen LogP contribution < -0.4 is 15.8 Å². The van der Waals surface area contributed by atoms with Crippen LogP contribution in [-0.4, -0.2) is 69.8 Å². The highest BCUT2D eigenvalue weighted by atomic mass is 35.5. The average molecular weight is 418 g/mol. The van der Waals surface area contributed by atoms with Gasteiger partial charge in [0, 0.05) is 38.1 Å². The van der Waals surface area contributed by atoms with E-state index in [-0.39, 0.29) is 11.4 Å². The monoisotopic (exact) mass is 417 g/mol. The standard InChI is InChI=1S/C18H20ClN7O3/c19-12-9-22-17-15(16(20)24-26(17)11-12)18(27)23-13-10-21-2-1-14(13)29-8-5-25-3-6-28-7-4-25/h1-2,9-11H,3-8H2,(H2,20,24)(H,23,27). The Morgan fingerprint density at radius 2 is 2.17 bits per heavy atom. The van der Waals surface area contributed by atoms with E-state index < -0.39 is 5.91 Å². The molecular weight excluding hydrogens is 398 g/mol. The third kappa shape index (κ3) is 4.39. The zero-order chi connectivity index (χ0) is 20.2. The summed E-state index contributed by atoms with van der Waals surface area (Å²) in [5, 5.41) is 7.25. The Morgan fingerprint density at radius 1 is 1.34 bits per heavy atom. The van der Waals surface area contributed by atoms with Crippen LogP contribution in [0.2, 0.25) is 5.02 Å². The van der Waals surface area contributed by atoms with Gasteiger partial charge >= 0.3 is 0 Å². The minimum absolute atomic E-state index is 0.0518. The van der Waals surface area contributed by atoms with Gasteiger partial charge in [-0.05, 0) is 0 Å². The van der Waals surface area contributed by atoms with Gasteiger partial charge < -0.3 is 20.5 Å². The maximum absolute atomic E-state index is 12.8. The van der Waals surface area contributed by atoms with E-state index in [1.54, 1.807) is 12.3 Å². The largest absolute Gasteiger partial charge is 0.490 e. The molecule has 10 nitrogen and oxygen atoms in total. The zero-order valence-corrected chi connectivity index (χ0v) is 16.3. The normalized spacial score (nSPS) is 14.8. The lowest BCUT2D eigenvalue weighted by Crippen LogP contribution is -2.38. The Morgan fingerprint density at radius 3 is 3.00 bits per heavy atom. The van der Waals surface area contributed by atoms with E-state index in [9.17, 15) is 4.79 Å². The van der Waals surface area contributed by atoms with Crippen molar-refractivity contribution in [3.05, 3.63) is 41.4 Å². The molecule has 152 valence electrons. The van der Waals surface area contributed by atoms with E-state index in [0.717, 1.165) is 32.8 Å². The van der Waals surface area contributed by atoms with Gasteiger partial charge in [0.1, 0.15) is 23.6 Å². The highest BCUT2D eigenvalue weighted by Gasteiger charge is 2.21. The molecule has 4 rings (SSSR count). The van der Waals surface area contributed by atoms with Crippen molar-refractivity contribution in [2.75, 3.05) is 50.5 Å². The zero-order valence-electron chi connectivity index (χ0n) is 15.5. The predicted molar refractivity (Wildman–Crippen MR) is 107 cm³/mol. The summed E-state index contributed by atoms with van der Waals surface area (Å²) >= 11 is 5.92. The quantitative estimate of drug-likeness (QED) is 0.616. The fraction of sp³-hybridized carbons (Fsp3) is 0.333. The van der Waals surface area contributed by atoms with Crippen molar-refractivity contribution in [3.63, 3.8) is 0 Å². The lowest BCUT2D eigenvalue weighted by atomic mass is 10.2. The van der Waals surface area contributed by atoms with Gasteiger partial charge in [-0.15, -0.1) is 5.10 Å². The molecule has 11 heteroatoms. The number of morpholine rings is 1. The number of ether oxygens (including phenoxy) is 2. The maximum Gasteiger partial charge on any atom is 0.263 e. The van der Waals surface area contributed by atoms with Gasteiger partial charge in [-0.25, -0.2) is 9.50 Å². The Bertz CT molecular complexity index is 1020. The number of anilines is 2. The third-order valence-electron chi connectivity index (χ3n) is 4.49. The van der Waals surface area contributed by atoms with Crippen LogP contribution in [0.3, 0.4) is 0 Å². The first-order valence-electron chi connectivity index (χ1n) is 9.09. The molecule has 0 bridgehead atoms. The minimum atomic E-state index is -0.460. The van der Waals surface area contributed by atoms with Crippen molar-refractivity contribution in [1.29, 1.82) is 0 Å². The molecule has 1 fully saturated rings. The SMILES string of the molecule is Nc1nn2cc(Cl)cnc2c1C(=O)Nc1cnccc1OCCN1CCOCC1. The molecule has 3 aromatic rings. The Kier molecular flexibility index (Phi) is 5.74. The Hall–Kier alpha value is -2.95. The van der Waals surface area contributed by atoms with Gasteiger partial charge in [0.05, 0.1) is 30.6 Å². The molecule has 4 heterocycles. The first kappa shape index (κ1) is 19.4. The highest BCUT2D eigenvalue weighted by molar-refractivity contribution is 6.30. The van der Waals surface area contributed by atoms with Gasteiger partial charge in [0.15, 0.2) is 11.5 Å². The molecule has 0 radical (unpaired) electrons. The molecule has 0 saturated carbocycles. The molecule has 1 aliphatic heterocycles. The van der Waals surface area contributed by atoms with Crippen molar-refractivity contribution in [2.24, 2.45) is 0 Å². The number of pyridine rings is 1. The van der Waals surface area contributed by atoms with Crippen molar-refractivity contribution in [3.8, 4) is 5.75 Å². The van der Waals surface area contributed by atoms with Crippen molar-refractivity contribution < 1.29 is 14.3 Å². The summed E-state index contributed by atoms with van der Waals surface area (Å²) < 4.78 is 12.6. The fourth-order valence-corrected chi connectivity index (χ4v) is 3.18. The minimum Gasteiger partial charge on any atom is -0.490 e. The average Bonchev–Trinajstić information content (AvgIpc) is 3.05. The van der Waals surface area contributed by atoms with E-state index >= 15 is 0 Å². The summed E-state index contributed by atoms with van der Waals surface area (Å²) in [6.45, 7) is 4.48. The summed E-state index contributed by atoms with van der Waals surface area (Å²) in [7, 11) is 0. The number of rotatable bonds is 6. The molecule has 29 heavy (non-hydrogen) atoms. The van der Waals surface area contributed by atoms with Gasteiger partial charge in [0.25, 0.3) is 5.91 Å². The van der Waals surface area contributed by atoms with Crippen LogP contribution in [-0.2, 0) is 4.74 Å². The number of nitrogen functional groups attached to an aromatic ring is 1. The van der Waals surface area contributed by atoms with E-state index in [4.69, 9.17) is 26.8 Å². The molecule has 3 N–H and O–H groups in total. The summed E-state index contributed by atoms with van der Waals surface area (Å²) in [6.07, 6.45) is 6.08. The molecule has 1 aliphatic rings. The number of hydrogen-bond donors (Lipinski definition) is 2. The second kappa shape index (κ2) is 8.60. The summed E-state index contributed by atoms with van der Waals surface area (Å²) in [6, 6.07) is 1.70. The predicted octanol–water partition coefficient (Wildman–Crippen LogP) is 1.32. The van der Waals surface area contributed by atoms with Crippen LogP contribution in [0.25, 0.3) is 5.65 Å². The Labute approximate surface area is 171 Å². The lowest BCUT2D eigenvalue weighted by molar-refractivity contribution is 0.0323. The lowest BCUT2D eigenvalue weighted by Gasteiger charge is -2.26. The molecule has 1 amide bonds. The Balaban J connectivity index is 1.47. The van der Waals surface area contributed by atoms with Crippen molar-refractivity contribution >= 4 is 34.7 Å². The number of amides is 1. The van der Waals surface area contributed by atoms with Crippen molar-refractivity contribution in [2.45, 2.75) is 0 Å². The number of nitrogens with one attached hydrogen (secondary N) is 1. The molecule has 0 aromatic carbocycles. The first-order valence-corrected chi connectivity index (χ1v) is 9.47. The van der Waals surface area contributed by atoms with Crippen LogP contribution in [0.5, 0.6) is 5.75 Å². The van der Waals surface area contributed by atoms with Gasteiger partial charge in [-0.2, -0.15) is 0 Å². The number of carbonyl (C=O) groups is 1. The first-order chi connectivity index (χ1) is 14.1. The fourth-order valence-electron chi connectivity index (χ4n) is 3.04. The second-order valence-corrected chi connectivity index (χ2v) is 6.87. The summed E-state index contributed by atoms with van der Waals surface area (Å²) in [5.74, 6) is 0.113. The number of nitrogens with two attached hydrogens (primary N) is 1. The molecule has 0 unspecified atom stereocenters. The molecule has 0 atom stereocenters. The number of nitrogens with zero attached hydrogens (tertiary/aromatic N) is 5. The third-order valence-corrected chi connectivity index (χ3v) is 4.69. The van der Waals surface area contributed by atoms with Gasteiger partial charge in [0.2, 0.25) is 0 Å². The highest BCUT2D eigenvalue weighted by Crippen LogP contribution is 2.25. The molecule has 0 spiro atoms. The van der Waals surface area contributed by atoms with E-state index in [0.29, 0.717) is 28.7 Å². The smallest absolute Gasteiger partial charge is 0.263 e. The van der Waals surface area contributed by atoms with Crippen LogP contribution in [0.4, 0.5) is 11.5 Å². The van der Waals surface area contributed by atoms with Gasteiger partial charge in [-0.1, -0.05) is 11.6 Å². The van der Waals surface area contributed by atoms with Gasteiger partial charge in [-0.3, -0.25) is 14.7 Å². The van der Waals surface area contributed by atoms with Crippen LogP contribution in [0.15, 0.2) is 30.9 Å². The van der Waals surface area contributed by atoms with E-state index in [2.05, 4.69) is 25.3 Å².